The van der Waals surface area contributed by atoms with Gasteiger partial charge in [-0.3, -0.25) is 0 Å². The number of methoxy groups -OCH3 is 2. The Bertz CT molecular complexity index is 260. The van der Waals surface area contributed by atoms with Crippen LogP contribution in [0.5, 0.6) is 0 Å². The number of ether oxygens (including phenoxy) is 2. The summed E-state index contributed by atoms with van der Waals surface area (Å²) in [7, 11) is 2.92. The van der Waals surface area contributed by atoms with Crippen molar-refractivity contribution in [3.63, 3.8) is 0 Å². The molecule has 3 heteroatoms. The van der Waals surface area contributed by atoms with Crippen LogP contribution in [0.1, 0.15) is 13.8 Å². The molecule has 0 aliphatic carbocycles. The largest absolute Gasteiger partial charge is 0.494 e. The third-order valence-corrected chi connectivity index (χ3v) is 1.48. The predicted molar refractivity (Wildman–Crippen MR) is 55.6 cm³/mol. The van der Waals surface area contributed by atoms with E-state index in [1.807, 2.05) is 13.8 Å². The number of hydrogen-bond acceptors (Lipinski definition) is 2. The highest BCUT2D eigenvalue weighted by molar-refractivity contribution is 5.32. The molecule has 2 nitrogen and oxygen atoms in total. The third-order valence-electron chi connectivity index (χ3n) is 1.48. The first-order chi connectivity index (χ1) is 6.52. The average Bonchev–Trinajstić information content (AvgIpc) is 2.13. The molecule has 0 saturated heterocycles. The monoisotopic (exact) mass is 200 g/mol. The standard InChI is InChI=1S/C11H17FO2/c1-8(2)6-10(14-5)11(12)9(3)7-13-4/h6H,3,7H2,1-2,4-5H3/b11-10-. The smallest absolute Gasteiger partial charge is 0.169 e. The zero-order valence-electron chi connectivity index (χ0n) is 9.19. The fraction of sp³-hybridized carbons (Fsp3) is 0.455. The molecule has 0 rings (SSSR count). The van der Waals surface area contributed by atoms with Gasteiger partial charge in [-0.1, -0.05) is 12.2 Å². The van der Waals surface area contributed by atoms with Crippen LogP contribution in [0.25, 0.3) is 0 Å². The van der Waals surface area contributed by atoms with Crippen LogP contribution < -0.4 is 0 Å². The zero-order chi connectivity index (χ0) is 11.1. The Hall–Kier alpha value is -1.09. The SMILES string of the molecule is C=C(COC)/C(F)=C(\C=C(C)C)OC. The second-order valence-corrected chi connectivity index (χ2v) is 3.14. The predicted octanol–water partition coefficient (Wildman–Crippen LogP) is 2.98. The molecular formula is C11H17FO2. The molecule has 0 fully saturated rings. The van der Waals surface area contributed by atoms with E-state index < -0.39 is 5.83 Å². The Morgan fingerprint density at radius 3 is 2.29 bits per heavy atom. The van der Waals surface area contributed by atoms with Crippen LogP contribution in [0.15, 0.2) is 35.4 Å². The highest BCUT2D eigenvalue weighted by Gasteiger charge is 2.08. The van der Waals surface area contributed by atoms with Crippen molar-refractivity contribution in [2.24, 2.45) is 0 Å². The van der Waals surface area contributed by atoms with E-state index >= 15 is 0 Å². The lowest BCUT2D eigenvalue weighted by atomic mass is 10.2. The van der Waals surface area contributed by atoms with Gasteiger partial charge in [-0.05, 0) is 19.9 Å². The van der Waals surface area contributed by atoms with Crippen molar-refractivity contribution in [3.8, 4) is 0 Å². The van der Waals surface area contributed by atoms with Crippen LogP contribution in [-0.4, -0.2) is 20.8 Å². The van der Waals surface area contributed by atoms with Crippen molar-refractivity contribution in [1.29, 1.82) is 0 Å². The molecular weight excluding hydrogens is 183 g/mol. The van der Waals surface area contributed by atoms with E-state index in [9.17, 15) is 4.39 Å². The average molecular weight is 200 g/mol. The van der Waals surface area contributed by atoms with Crippen LogP contribution in [0.3, 0.4) is 0 Å². The van der Waals surface area contributed by atoms with Crippen molar-refractivity contribution in [2.75, 3.05) is 20.8 Å². The molecule has 0 saturated carbocycles. The molecule has 0 aromatic heterocycles. The lowest BCUT2D eigenvalue weighted by Crippen LogP contribution is -1.97. The van der Waals surface area contributed by atoms with E-state index in [0.29, 0.717) is 0 Å². The van der Waals surface area contributed by atoms with Gasteiger partial charge in [0.15, 0.2) is 11.6 Å². The van der Waals surface area contributed by atoms with Gasteiger partial charge in [0.1, 0.15) is 0 Å². The van der Waals surface area contributed by atoms with Crippen molar-refractivity contribution in [1.82, 2.24) is 0 Å². The number of rotatable bonds is 5. The van der Waals surface area contributed by atoms with Crippen LogP contribution in [-0.2, 0) is 9.47 Å². The Morgan fingerprint density at radius 1 is 1.36 bits per heavy atom. The summed E-state index contributed by atoms with van der Waals surface area (Å²) in [6.45, 7) is 7.45. The molecule has 0 bridgehead atoms. The highest BCUT2D eigenvalue weighted by atomic mass is 19.1. The molecule has 0 N–H and O–H groups in total. The maximum atomic E-state index is 13.5. The van der Waals surface area contributed by atoms with Crippen molar-refractivity contribution in [2.45, 2.75) is 13.8 Å². The van der Waals surface area contributed by atoms with Gasteiger partial charge in [0.2, 0.25) is 0 Å². The fourth-order valence-corrected chi connectivity index (χ4v) is 0.886. The minimum Gasteiger partial charge on any atom is -0.494 e. The summed E-state index contributed by atoms with van der Waals surface area (Å²) in [6, 6.07) is 0. The topological polar surface area (TPSA) is 18.5 Å². The Labute approximate surface area is 84.7 Å². The normalized spacial score (nSPS) is 11.8. The second-order valence-electron chi connectivity index (χ2n) is 3.14. The summed E-state index contributed by atoms with van der Waals surface area (Å²) in [4.78, 5) is 0. The van der Waals surface area contributed by atoms with E-state index in [2.05, 4.69) is 6.58 Å². The van der Waals surface area contributed by atoms with Crippen LogP contribution in [0.2, 0.25) is 0 Å². The number of halogens is 1. The van der Waals surface area contributed by atoms with Gasteiger partial charge < -0.3 is 9.47 Å². The van der Waals surface area contributed by atoms with Gasteiger partial charge in [0.25, 0.3) is 0 Å². The maximum absolute atomic E-state index is 13.5. The Morgan fingerprint density at radius 2 is 1.93 bits per heavy atom. The molecule has 80 valence electrons. The van der Waals surface area contributed by atoms with E-state index in [1.165, 1.54) is 14.2 Å². The molecule has 0 radical (unpaired) electrons. The molecule has 0 heterocycles. The number of hydrogen-bond donors (Lipinski definition) is 0. The summed E-state index contributed by atoms with van der Waals surface area (Å²) in [5.74, 6) is -0.275. The second kappa shape index (κ2) is 6.38. The summed E-state index contributed by atoms with van der Waals surface area (Å²) in [6.07, 6.45) is 1.62. The van der Waals surface area contributed by atoms with E-state index in [-0.39, 0.29) is 17.9 Å². The van der Waals surface area contributed by atoms with Crippen molar-refractivity contribution in [3.05, 3.63) is 35.4 Å². The zero-order valence-corrected chi connectivity index (χ0v) is 9.19. The first kappa shape index (κ1) is 12.9. The van der Waals surface area contributed by atoms with Gasteiger partial charge in [-0.15, -0.1) is 0 Å². The quantitative estimate of drug-likeness (QED) is 0.501. The lowest BCUT2D eigenvalue weighted by Gasteiger charge is -2.06. The van der Waals surface area contributed by atoms with Crippen LogP contribution in [0, 0.1) is 0 Å². The Kier molecular flexibility index (Phi) is 5.88. The minimum absolute atomic E-state index is 0.162. The molecule has 0 atom stereocenters. The molecule has 0 aliphatic heterocycles. The molecule has 14 heavy (non-hydrogen) atoms. The third kappa shape index (κ3) is 4.23. The minimum atomic E-state index is -0.462. The van der Waals surface area contributed by atoms with Crippen LogP contribution >= 0.6 is 0 Å². The molecule has 0 unspecified atom stereocenters. The van der Waals surface area contributed by atoms with Crippen molar-refractivity contribution < 1.29 is 13.9 Å². The molecule has 0 aromatic rings. The van der Waals surface area contributed by atoms with E-state index in [1.54, 1.807) is 6.08 Å². The first-order valence-electron chi connectivity index (χ1n) is 4.28. The van der Waals surface area contributed by atoms with Gasteiger partial charge >= 0.3 is 0 Å². The summed E-state index contributed by atoms with van der Waals surface area (Å²) >= 11 is 0. The Balaban J connectivity index is 4.83. The van der Waals surface area contributed by atoms with E-state index in [4.69, 9.17) is 9.47 Å². The summed E-state index contributed by atoms with van der Waals surface area (Å²) in [5, 5.41) is 0. The highest BCUT2D eigenvalue weighted by Crippen LogP contribution is 2.18. The van der Waals surface area contributed by atoms with Gasteiger partial charge in [-0.2, -0.15) is 0 Å². The molecule has 0 aromatic carbocycles. The molecule has 0 spiro atoms. The van der Waals surface area contributed by atoms with Crippen LogP contribution in [0.4, 0.5) is 4.39 Å². The van der Waals surface area contributed by atoms with Gasteiger partial charge in [-0.25, -0.2) is 4.39 Å². The van der Waals surface area contributed by atoms with Gasteiger partial charge in [0, 0.05) is 12.7 Å². The fourth-order valence-electron chi connectivity index (χ4n) is 0.886. The molecule has 0 amide bonds. The number of allylic oxidation sites excluding steroid dienone is 2. The maximum Gasteiger partial charge on any atom is 0.169 e. The van der Waals surface area contributed by atoms with Crippen molar-refractivity contribution >= 4 is 0 Å². The van der Waals surface area contributed by atoms with E-state index in [0.717, 1.165) is 5.57 Å². The summed E-state index contributed by atoms with van der Waals surface area (Å²) < 4.78 is 23.2. The first-order valence-corrected chi connectivity index (χ1v) is 4.28. The summed E-state index contributed by atoms with van der Waals surface area (Å²) in [5.41, 5.74) is 1.24. The van der Waals surface area contributed by atoms with Gasteiger partial charge in [0.05, 0.1) is 13.7 Å². The lowest BCUT2D eigenvalue weighted by molar-refractivity contribution is 0.221. The molecule has 0 aliphatic rings.